The van der Waals surface area contributed by atoms with E-state index in [1.807, 2.05) is 0 Å². The first-order chi connectivity index (χ1) is 14.5. The average molecular weight is 417 g/mol. The fourth-order valence-corrected chi connectivity index (χ4v) is 2.45. The molecule has 166 valence electrons. The number of carbonyl (C=O) groups excluding carboxylic acids is 1. The monoisotopic (exact) mass is 416 g/mol. The summed E-state index contributed by atoms with van der Waals surface area (Å²) in [4.78, 5) is 20.3. The number of carbonyl (C=O) groups is 1. The number of terminal acetylenes is 1. The lowest BCUT2D eigenvalue weighted by Gasteiger charge is -2.38. The van der Waals surface area contributed by atoms with Crippen LogP contribution in [0.5, 0.6) is 0 Å². The summed E-state index contributed by atoms with van der Waals surface area (Å²) in [6.45, 7) is 11.2. The summed E-state index contributed by atoms with van der Waals surface area (Å²) in [5, 5.41) is 2.70. The number of likely N-dealkylation sites (tertiary alicyclic amines) is 1. The molecule has 1 amide bonds. The Kier molecular flexibility index (Phi) is 15.4. The number of nitrogens with zero attached hydrogens (tertiary/aromatic N) is 3. The van der Waals surface area contributed by atoms with E-state index < -0.39 is 5.91 Å². The zero-order valence-corrected chi connectivity index (χ0v) is 18.4. The second-order valence-corrected chi connectivity index (χ2v) is 6.80. The highest BCUT2D eigenvalue weighted by Crippen LogP contribution is 2.14. The molecule has 1 fully saturated rings. The molecule has 1 aliphatic heterocycles. The molecule has 1 aromatic rings. The highest BCUT2D eigenvalue weighted by molar-refractivity contribution is 5.78. The molecule has 2 rings (SSSR count). The van der Waals surface area contributed by atoms with Gasteiger partial charge in [0, 0.05) is 32.0 Å². The fraction of sp³-hybridized carbons (Fsp3) is 0.500. The van der Waals surface area contributed by atoms with Gasteiger partial charge >= 0.3 is 0 Å². The average Bonchev–Trinajstić information content (AvgIpc) is 2.72. The van der Waals surface area contributed by atoms with Gasteiger partial charge in [-0.05, 0) is 44.4 Å². The number of anilines is 1. The predicted molar refractivity (Wildman–Crippen MR) is 122 cm³/mol. The van der Waals surface area contributed by atoms with Crippen molar-refractivity contribution in [3.63, 3.8) is 0 Å². The lowest BCUT2D eigenvalue weighted by Crippen LogP contribution is -2.50. The van der Waals surface area contributed by atoms with Crippen LogP contribution in [0.3, 0.4) is 0 Å². The second-order valence-electron chi connectivity index (χ2n) is 6.80. The molecule has 8 heteroatoms. The maximum atomic E-state index is 10.3. The number of nitrogens with one attached hydrogen (secondary N) is 1. The number of primary amides is 1. The molecular formula is C22H36N6O2. The van der Waals surface area contributed by atoms with Crippen molar-refractivity contribution in [1.82, 2.24) is 14.9 Å². The van der Waals surface area contributed by atoms with Crippen LogP contribution in [0.15, 0.2) is 42.1 Å². The molecule has 0 unspecified atom stereocenters. The summed E-state index contributed by atoms with van der Waals surface area (Å²) in [5.41, 5.74) is 11.7. The number of allylic oxidation sites excluding steroid dienone is 3. The van der Waals surface area contributed by atoms with Crippen molar-refractivity contribution >= 4 is 11.7 Å². The number of rotatable bonds is 10. The normalized spacial score (nSPS) is 13.1. The third kappa shape index (κ3) is 12.5. The van der Waals surface area contributed by atoms with Gasteiger partial charge in [-0.3, -0.25) is 14.7 Å². The Morgan fingerprint density at radius 2 is 2.07 bits per heavy atom. The SMILES string of the molecule is C#C.CC/C=C\C(OCCN1CC(CN)C1)=C(C)C.NC(=O)CNc1cnccn1. The Bertz CT molecular complexity index is 663. The van der Waals surface area contributed by atoms with Crippen LogP contribution < -0.4 is 16.8 Å². The Morgan fingerprint density at radius 3 is 2.57 bits per heavy atom. The first-order valence-electron chi connectivity index (χ1n) is 9.97. The largest absolute Gasteiger partial charge is 0.492 e. The summed E-state index contributed by atoms with van der Waals surface area (Å²) in [5.74, 6) is 1.85. The molecule has 1 aliphatic rings. The minimum absolute atomic E-state index is 0.0820. The molecule has 2 heterocycles. The molecular weight excluding hydrogens is 380 g/mol. The van der Waals surface area contributed by atoms with Crippen molar-refractivity contribution in [2.24, 2.45) is 17.4 Å². The molecule has 0 saturated carbocycles. The maximum Gasteiger partial charge on any atom is 0.236 e. The van der Waals surface area contributed by atoms with E-state index in [9.17, 15) is 4.79 Å². The molecule has 30 heavy (non-hydrogen) atoms. The van der Waals surface area contributed by atoms with Crippen molar-refractivity contribution < 1.29 is 9.53 Å². The van der Waals surface area contributed by atoms with Gasteiger partial charge in [0.05, 0.1) is 12.7 Å². The quantitative estimate of drug-likeness (QED) is 0.302. The number of aromatic nitrogens is 2. The topological polar surface area (TPSA) is 119 Å². The van der Waals surface area contributed by atoms with Crippen molar-refractivity contribution in [2.75, 3.05) is 44.6 Å². The van der Waals surface area contributed by atoms with Gasteiger partial charge in [-0.1, -0.05) is 13.0 Å². The zero-order valence-electron chi connectivity index (χ0n) is 18.4. The third-order valence-electron chi connectivity index (χ3n) is 4.04. The van der Waals surface area contributed by atoms with E-state index in [-0.39, 0.29) is 6.54 Å². The van der Waals surface area contributed by atoms with Crippen LogP contribution in [0, 0.1) is 18.8 Å². The maximum absolute atomic E-state index is 10.3. The van der Waals surface area contributed by atoms with Crippen LogP contribution in [-0.2, 0) is 9.53 Å². The van der Waals surface area contributed by atoms with Gasteiger partial charge in [-0.2, -0.15) is 0 Å². The summed E-state index contributed by atoms with van der Waals surface area (Å²) < 4.78 is 5.80. The van der Waals surface area contributed by atoms with Crippen LogP contribution in [0.2, 0.25) is 0 Å². The van der Waals surface area contributed by atoms with Gasteiger partial charge in [0.2, 0.25) is 5.91 Å². The van der Waals surface area contributed by atoms with Crippen LogP contribution in [0.4, 0.5) is 5.82 Å². The number of hydrogen-bond acceptors (Lipinski definition) is 7. The van der Waals surface area contributed by atoms with Crippen LogP contribution in [-0.4, -0.2) is 60.1 Å². The van der Waals surface area contributed by atoms with Crippen LogP contribution >= 0.6 is 0 Å². The van der Waals surface area contributed by atoms with E-state index in [1.54, 1.807) is 6.20 Å². The van der Waals surface area contributed by atoms with E-state index in [0.29, 0.717) is 11.7 Å². The first kappa shape index (κ1) is 27.1. The zero-order chi connectivity index (χ0) is 22.8. The standard InChI is InChI=1S/C14H26N2O.C6H8N4O.C2H2/c1-4-5-6-14(12(2)3)17-8-7-16-10-13(9-15)11-16;7-5(11)3-10-6-4-8-1-2-9-6;1-2/h5-6,13H,4,7-11,15H2,1-3H3;1-2,4H,3H2,(H2,7,11)(H,9,10);1-2H/b6-5-;;. The number of hydrogen-bond donors (Lipinski definition) is 3. The summed E-state index contributed by atoms with van der Waals surface area (Å²) in [6, 6.07) is 0. The molecule has 0 atom stereocenters. The number of amides is 1. The van der Waals surface area contributed by atoms with Crippen molar-refractivity contribution in [3.8, 4) is 12.8 Å². The lowest BCUT2D eigenvalue weighted by molar-refractivity contribution is -0.116. The van der Waals surface area contributed by atoms with Crippen LogP contribution in [0.25, 0.3) is 0 Å². The molecule has 0 aromatic carbocycles. The summed E-state index contributed by atoms with van der Waals surface area (Å²) >= 11 is 0. The van der Waals surface area contributed by atoms with E-state index in [0.717, 1.165) is 45.0 Å². The predicted octanol–water partition coefficient (Wildman–Crippen LogP) is 1.78. The van der Waals surface area contributed by atoms with Crippen molar-refractivity contribution in [3.05, 3.63) is 42.1 Å². The van der Waals surface area contributed by atoms with E-state index >= 15 is 0 Å². The molecule has 0 bridgehead atoms. The molecule has 1 aromatic heterocycles. The molecule has 0 aliphatic carbocycles. The number of ether oxygens (including phenoxy) is 1. The van der Waals surface area contributed by atoms with Gasteiger partial charge < -0.3 is 21.5 Å². The highest BCUT2D eigenvalue weighted by Gasteiger charge is 2.24. The van der Waals surface area contributed by atoms with Gasteiger partial charge in [0.15, 0.2) is 0 Å². The van der Waals surface area contributed by atoms with Crippen molar-refractivity contribution in [1.29, 1.82) is 0 Å². The van der Waals surface area contributed by atoms with Gasteiger partial charge in [-0.15, -0.1) is 12.8 Å². The molecule has 1 saturated heterocycles. The Labute approximate surface area is 180 Å². The Balaban J connectivity index is 0.000000557. The van der Waals surface area contributed by atoms with Crippen molar-refractivity contribution in [2.45, 2.75) is 27.2 Å². The highest BCUT2D eigenvalue weighted by atomic mass is 16.5. The van der Waals surface area contributed by atoms with E-state index in [1.165, 1.54) is 18.0 Å². The van der Waals surface area contributed by atoms with E-state index in [4.69, 9.17) is 16.2 Å². The van der Waals surface area contributed by atoms with Crippen LogP contribution in [0.1, 0.15) is 27.2 Å². The Morgan fingerprint density at radius 1 is 1.37 bits per heavy atom. The summed E-state index contributed by atoms with van der Waals surface area (Å²) in [6.07, 6.45) is 17.9. The number of nitrogens with two attached hydrogens (primary N) is 2. The third-order valence-corrected chi connectivity index (χ3v) is 4.04. The molecule has 8 nitrogen and oxygen atoms in total. The lowest BCUT2D eigenvalue weighted by atomic mass is 10.0. The smallest absolute Gasteiger partial charge is 0.236 e. The van der Waals surface area contributed by atoms with E-state index in [2.05, 4.69) is 66.0 Å². The second kappa shape index (κ2) is 17.0. The minimum atomic E-state index is -0.421. The van der Waals surface area contributed by atoms with Gasteiger partial charge in [0.25, 0.3) is 0 Å². The molecule has 0 radical (unpaired) electrons. The van der Waals surface area contributed by atoms with Gasteiger partial charge in [-0.25, -0.2) is 4.98 Å². The molecule has 0 spiro atoms. The first-order valence-corrected chi connectivity index (χ1v) is 9.97. The minimum Gasteiger partial charge on any atom is -0.492 e. The summed E-state index contributed by atoms with van der Waals surface area (Å²) in [7, 11) is 0. The Hall–Kier alpha value is -2.89. The fourth-order valence-electron chi connectivity index (χ4n) is 2.45. The molecule has 5 N–H and O–H groups in total. The van der Waals surface area contributed by atoms with Gasteiger partial charge in [0.1, 0.15) is 18.2 Å².